The third kappa shape index (κ3) is 3.66. The van der Waals surface area contributed by atoms with E-state index in [1.807, 2.05) is 18.2 Å². The molecule has 28 heavy (non-hydrogen) atoms. The van der Waals surface area contributed by atoms with Crippen molar-refractivity contribution in [3.63, 3.8) is 0 Å². The van der Waals surface area contributed by atoms with Crippen molar-refractivity contribution < 1.29 is 0 Å². The van der Waals surface area contributed by atoms with Crippen LogP contribution >= 0.6 is 15.9 Å². The summed E-state index contributed by atoms with van der Waals surface area (Å²) in [5.74, 6) is 7.80. The first-order chi connectivity index (χ1) is 13.2. The van der Waals surface area contributed by atoms with Crippen molar-refractivity contribution in [3.8, 4) is 11.8 Å². The number of aromatic nitrogens is 2. The van der Waals surface area contributed by atoms with Gasteiger partial charge in [0.2, 0.25) is 0 Å². The van der Waals surface area contributed by atoms with Crippen molar-refractivity contribution in [1.29, 1.82) is 0 Å². The highest BCUT2D eigenvalue weighted by molar-refractivity contribution is 9.10. The van der Waals surface area contributed by atoms with Crippen molar-refractivity contribution in [2.24, 2.45) is 11.3 Å². The molecule has 0 saturated heterocycles. The quantitative estimate of drug-likeness (QED) is 0.414. The first kappa shape index (κ1) is 19.0. The molecule has 0 amide bonds. The lowest BCUT2D eigenvalue weighted by molar-refractivity contribution is 0.359. The first-order valence-electron chi connectivity index (χ1n) is 9.67. The number of aromatic amines is 1. The van der Waals surface area contributed by atoms with Gasteiger partial charge in [-0.2, -0.15) is 0 Å². The molecule has 4 rings (SSSR count). The first-order valence-corrected chi connectivity index (χ1v) is 10.5. The maximum Gasteiger partial charge on any atom is 0.258 e. The van der Waals surface area contributed by atoms with Crippen LogP contribution in [0.4, 0.5) is 5.82 Å². The van der Waals surface area contributed by atoms with E-state index in [4.69, 9.17) is 4.98 Å². The second-order valence-electron chi connectivity index (χ2n) is 8.68. The Bertz CT molecular complexity index is 1190. The van der Waals surface area contributed by atoms with E-state index in [1.165, 1.54) is 0 Å². The van der Waals surface area contributed by atoms with Gasteiger partial charge in [-0.1, -0.05) is 48.5 Å². The molecule has 1 aromatic carbocycles. The molecule has 2 N–H and O–H groups in total. The van der Waals surface area contributed by atoms with Gasteiger partial charge in [0.05, 0.1) is 16.5 Å². The van der Waals surface area contributed by atoms with Gasteiger partial charge in [0.1, 0.15) is 5.82 Å². The summed E-state index contributed by atoms with van der Waals surface area (Å²) in [5.41, 5.74) is 1.36. The summed E-state index contributed by atoms with van der Waals surface area (Å²) in [7, 11) is 0. The van der Waals surface area contributed by atoms with E-state index in [1.54, 1.807) is 6.20 Å². The van der Waals surface area contributed by atoms with Gasteiger partial charge in [-0.3, -0.25) is 4.79 Å². The van der Waals surface area contributed by atoms with Crippen LogP contribution in [0.5, 0.6) is 0 Å². The minimum Gasteiger partial charge on any atom is -0.367 e. The summed E-state index contributed by atoms with van der Waals surface area (Å²) >= 11 is 3.55. The Balaban J connectivity index is 2.01. The Morgan fingerprint density at radius 1 is 1.29 bits per heavy atom. The lowest BCUT2D eigenvalue weighted by atomic mass is 9.88. The molecule has 1 aliphatic rings. The Kier molecular flexibility index (Phi) is 4.71. The maximum absolute atomic E-state index is 12.7. The van der Waals surface area contributed by atoms with Gasteiger partial charge in [0.15, 0.2) is 0 Å². The predicted octanol–water partition coefficient (Wildman–Crippen LogP) is 5.45. The molecule has 1 atom stereocenters. The van der Waals surface area contributed by atoms with Crippen LogP contribution in [0, 0.1) is 23.2 Å². The van der Waals surface area contributed by atoms with Gasteiger partial charge in [0.25, 0.3) is 5.56 Å². The zero-order valence-corrected chi connectivity index (χ0v) is 18.2. The smallest absolute Gasteiger partial charge is 0.258 e. The minimum absolute atomic E-state index is 0.0705. The van der Waals surface area contributed by atoms with Crippen LogP contribution in [-0.4, -0.2) is 16.0 Å². The van der Waals surface area contributed by atoms with Crippen LogP contribution in [0.15, 0.2) is 33.7 Å². The number of anilines is 1. The molecule has 2 aromatic heterocycles. The number of nitrogens with one attached hydrogen (secondary N) is 2. The van der Waals surface area contributed by atoms with E-state index in [2.05, 4.69) is 65.8 Å². The molecule has 1 saturated carbocycles. The average Bonchev–Trinajstić information content (AvgIpc) is 3.44. The van der Waals surface area contributed by atoms with Crippen LogP contribution < -0.4 is 10.9 Å². The molecule has 2 heterocycles. The lowest BCUT2D eigenvalue weighted by Gasteiger charge is -2.29. The fraction of sp³-hybridized carbons (Fsp3) is 0.391. The van der Waals surface area contributed by atoms with Crippen molar-refractivity contribution in [3.05, 3.63) is 44.8 Å². The van der Waals surface area contributed by atoms with E-state index < -0.39 is 0 Å². The summed E-state index contributed by atoms with van der Waals surface area (Å²) in [5, 5.41) is 5.97. The van der Waals surface area contributed by atoms with Crippen molar-refractivity contribution in [2.45, 2.75) is 46.6 Å². The SMILES string of the molecule is C[C@H](Nc1nc2c(C#CC3CC3)c[nH]c(=O)c2c2cc(Br)ccc12)C(C)(C)C. The molecule has 4 nitrogen and oxygen atoms in total. The fourth-order valence-corrected chi connectivity index (χ4v) is 3.38. The number of nitrogens with zero attached hydrogens (tertiary/aromatic N) is 1. The summed E-state index contributed by atoms with van der Waals surface area (Å²) in [6, 6.07) is 6.17. The predicted molar refractivity (Wildman–Crippen MR) is 120 cm³/mol. The molecular weight excluding hydrogens is 414 g/mol. The monoisotopic (exact) mass is 437 g/mol. The molecule has 144 valence electrons. The zero-order valence-electron chi connectivity index (χ0n) is 16.6. The number of pyridine rings is 2. The van der Waals surface area contributed by atoms with Crippen LogP contribution in [0.25, 0.3) is 21.7 Å². The second-order valence-corrected chi connectivity index (χ2v) is 9.60. The molecule has 0 bridgehead atoms. The van der Waals surface area contributed by atoms with Gasteiger partial charge in [-0.25, -0.2) is 4.98 Å². The third-order valence-electron chi connectivity index (χ3n) is 5.44. The molecular formula is C23H24BrN3O. The largest absolute Gasteiger partial charge is 0.367 e. The fourth-order valence-electron chi connectivity index (χ4n) is 3.02. The van der Waals surface area contributed by atoms with E-state index in [0.717, 1.165) is 39.5 Å². The Morgan fingerprint density at radius 3 is 2.71 bits per heavy atom. The molecule has 5 heteroatoms. The number of hydrogen-bond acceptors (Lipinski definition) is 3. The molecule has 3 aromatic rings. The second kappa shape index (κ2) is 6.93. The number of fused-ring (bicyclic) bond motifs is 3. The molecule has 1 fully saturated rings. The molecule has 0 radical (unpaired) electrons. The Morgan fingerprint density at radius 2 is 2.04 bits per heavy atom. The number of halogens is 1. The summed E-state index contributed by atoms with van der Waals surface area (Å²) in [6.45, 7) is 8.74. The van der Waals surface area contributed by atoms with Crippen molar-refractivity contribution in [1.82, 2.24) is 9.97 Å². The van der Waals surface area contributed by atoms with E-state index >= 15 is 0 Å². The maximum atomic E-state index is 12.7. The van der Waals surface area contributed by atoms with E-state index in [9.17, 15) is 4.79 Å². The summed E-state index contributed by atoms with van der Waals surface area (Å²) in [6.07, 6.45) is 4.01. The van der Waals surface area contributed by atoms with Gasteiger partial charge >= 0.3 is 0 Å². The molecule has 0 spiro atoms. The van der Waals surface area contributed by atoms with Gasteiger partial charge in [-0.15, -0.1) is 0 Å². The minimum atomic E-state index is -0.141. The normalized spacial score (nSPS) is 15.3. The van der Waals surface area contributed by atoms with Crippen molar-refractivity contribution in [2.75, 3.05) is 5.32 Å². The van der Waals surface area contributed by atoms with Crippen LogP contribution in [0.3, 0.4) is 0 Å². The van der Waals surface area contributed by atoms with Gasteiger partial charge in [0, 0.05) is 33.4 Å². The van der Waals surface area contributed by atoms with Crippen LogP contribution in [-0.2, 0) is 0 Å². The number of H-pyrrole nitrogens is 1. The molecule has 1 aliphatic carbocycles. The third-order valence-corrected chi connectivity index (χ3v) is 5.93. The number of rotatable bonds is 2. The number of hydrogen-bond donors (Lipinski definition) is 2. The highest BCUT2D eigenvalue weighted by Gasteiger charge is 2.22. The van der Waals surface area contributed by atoms with E-state index in [0.29, 0.717) is 16.8 Å². The van der Waals surface area contributed by atoms with Gasteiger partial charge < -0.3 is 10.3 Å². The topological polar surface area (TPSA) is 57.8 Å². The Hall–Kier alpha value is -2.32. The Labute approximate surface area is 173 Å². The summed E-state index contributed by atoms with van der Waals surface area (Å²) in [4.78, 5) is 20.5. The highest BCUT2D eigenvalue weighted by atomic mass is 79.9. The average molecular weight is 438 g/mol. The zero-order chi connectivity index (χ0) is 20.1. The summed E-state index contributed by atoms with van der Waals surface area (Å²) < 4.78 is 0.927. The molecule has 0 aliphatic heterocycles. The lowest BCUT2D eigenvalue weighted by Crippen LogP contribution is -2.31. The van der Waals surface area contributed by atoms with Crippen LogP contribution in [0.1, 0.15) is 46.1 Å². The van der Waals surface area contributed by atoms with Crippen molar-refractivity contribution >= 4 is 43.4 Å². The van der Waals surface area contributed by atoms with Crippen LogP contribution in [0.2, 0.25) is 0 Å². The standard InChI is InChI=1S/C23H24BrN3O/c1-13(23(2,3)4)26-21-17-10-9-16(24)11-18(17)19-20(27-21)15(12-25-22(19)28)8-7-14-5-6-14/h9-14H,5-6H2,1-4H3,(H,25,28)(H,26,27)/t13-/m0/s1. The van der Waals surface area contributed by atoms with E-state index in [-0.39, 0.29) is 17.0 Å². The molecule has 0 unspecified atom stereocenters. The van der Waals surface area contributed by atoms with Gasteiger partial charge in [-0.05, 0) is 43.4 Å². The highest BCUT2D eigenvalue weighted by Crippen LogP contribution is 2.33. The number of benzene rings is 1.